The smallest absolute Gasteiger partial charge is 0.303 e. The molecule has 1 N–H and O–H groups in total. The number of nitrogens with zero attached hydrogens (tertiary/aromatic N) is 5. The molecule has 8 heteroatoms. The molecule has 1 aromatic rings. The van der Waals surface area contributed by atoms with Crippen molar-refractivity contribution in [2.45, 2.75) is 38.8 Å². The van der Waals surface area contributed by atoms with Gasteiger partial charge < -0.3 is 14.9 Å². The Morgan fingerprint density at radius 1 is 1.22 bits per heavy atom. The highest BCUT2D eigenvalue weighted by atomic mass is 16.4. The van der Waals surface area contributed by atoms with Crippen LogP contribution in [0.15, 0.2) is 12.3 Å². The van der Waals surface area contributed by atoms with E-state index in [0.29, 0.717) is 37.8 Å². The summed E-state index contributed by atoms with van der Waals surface area (Å²) in [6.45, 7) is 8.09. The Balaban J connectivity index is 1.70. The van der Waals surface area contributed by atoms with E-state index < -0.39 is 5.97 Å². The number of aliphatic carboxylic acids is 1. The van der Waals surface area contributed by atoms with Crippen molar-refractivity contribution in [2.75, 3.05) is 46.3 Å². The van der Waals surface area contributed by atoms with Crippen LogP contribution in [0, 0.1) is 5.92 Å². The third-order valence-electron chi connectivity index (χ3n) is 5.95. The lowest BCUT2D eigenvalue weighted by atomic mass is 9.86. The predicted octanol–water partition coefficient (Wildman–Crippen LogP) is 0.846. The highest BCUT2D eigenvalue weighted by Gasteiger charge is 2.36. The minimum atomic E-state index is -0.764. The second kappa shape index (κ2) is 8.84. The van der Waals surface area contributed by atoms with Crippen molar-refractivity contribution in [3.63, 3.8) is 0 Å². The van der Waals surface area contributed by atoms with Gasteiger partial charge in [0.25, 0.3) is 5.91 Å². The van der Waals surface area contributed by atoms with E-state index in [2.05, 4.69) is 21.9 Å². The first-order valence-electron chi connectivity index (χ1n) is 9.95. The van der Waals surface area contributed by atoms with E-state index in [1.165, 1.54) is 0 Å². The summed E-state index contributed by atoms with van der Waals surface area (Å²) in [5, 5.41) is 13.4. The molecule has 2 fully saturated rings. The molecule has 1 aromatic heterocycles. The monoisotopic (exact) mass is 377 g/mol. The van der Waals surface area contributed by atoms with Crippen LogP contribution >= 0.6 is 0 Å². The van der Waals surface area contributed by atoms with Crippen molar-refractivity contribution in [3.8, 4) is 0 Å². The molecule has 150 valence electrons. The van der Waals surface area contributed by atoms with Gasteiger partial charge in [-0.05, 0) is 38.8 Å². The molecule has 2 atom stereocenters. The predicted molar refractivity (Wildman–Crippen MR) is 102 cm³/mol. The molecule has 0 bridgehead atoms. The van der Waals surface area contributed by atoms with Crippen molar-refractivity contribution >= 4 is 11.9 Å². The SMILES string of the molecule is CCn1nccc1C(=O)N1CC[C@@H](N2CCN(C)CC2)[C@@H](CCC(=O)O)C1. The normalized spacial score (nSPS) is 24.9. The molecule has 2 aliphatic rings. The standard InChI is InChI=1S/C19H31N5O3/c1-3-24-17(6-8-20-24)19(27)23-9-7-16(15(14-23)4-5-18(25)26)22-12-10-21(2)11-13-22/h6,8,15-16H,3-5,7,9-14H2,1-2H3,(H,25,26)/t15-,16+/m0/s1. The summed E-state index contributed by atoms with van der Waals surface area (Å²) in [6, 6.07) is 2.13. The van der Waals surface area contributed by atoms with Crippen LogP contribution in [-0.2, 0) is 11.3 Å². The van der Waals surface area contributed by atoms with E-state index in [1.54, 1.807) is 16.9 Å². The zero-order valence-corrected chi connectivity index (χ0v) is 16.4. The Hall–Kier alpha value is -1.93. The number of rotatable bonds is 6. The summed E-state index contributed by atoms with van der Waals surface area (Å²) >= 11 is 0. The summed E-state index contributed by atoms with van der Waals surface area (Å²) in [5.74, 6) is -0.564. The van der Waals surface area contributed by atoms with Crippen LogP contribution in [0.5, 0.6) is 0 Å². The lowest BCUT2D eigenvalue weighted by Crippen LogP contribution is -2.57. The summed E-state index contributed by atoms with van der Waals surface area (Å²) in [4.78, 5) is 30.8. The van der Waals surface area contributed by atoms with Crippen LogP contribution in [0.25, 0.3) is 0 Å². The molecule has 3 heterocycles. The number of likely N-dealkylation sites (N-methyl/N-ethyl adjacent to an activating group) is 1. The average molecular weight is 377 g/mol. The summed E-state index contributed by atoms with van der Waals surface area (Å²) < 4.78 is 1.72. The van der Waals surface area contributed by atoms with Crippen LogP contribution in [0.1, 0.15) is 36.7 Å². The zero-order valence-electron chi connectivity index (χ0n) is 16.4. The van der Waals surface area contributed by atoms with Crippen LogP contribution in [0.2, 0.25) is 0 Å². The lowest BCUT2D eigenvalue weighted by Gasteiger charge is -2.46. The van der Waals surface area contributed by atoms with Crippen molar-refractivity contribution in [3.05, 3.63) is 18.0 Å². The molecule has 0 radical (unpaired) electrons. The second-order valence-corrected chi connectivity index (χ2v) is 7.67. The Kier molecular flexibility index (Phi) is 6.49. The number of aryl methyl sites for hydroxylation is 1. The van der Waals surface area contributed by atoms with Gasteiger partial charge in [-0.15, -0.1) is 0 Å². The number of likely N-dealkylation sites (tertiary alicyclic amines) is 1. The van der Waals surface area contributed by atoms with Crippen molar-refractivity contribution in [1.82, 2.24) is 24.5 Å². The fraction of sp³-hybridized carbons (Fsp3) is 0.737. The fourth-order valence-corrected chi connectivity index (χ4v) is 4.36. The molecule has 0 aliphatic carbocycles. The molecule has 8 nitrogen and oxygen atoms in total. The zero-order chi connectivity index (χ0) is 19.4. The van der Waals surface area contributed by atoms with Crippen molar-refractivity contribution in [2.24, 2.45) is 5.92 Å². The number of carbonyl (C=O) groups is 2. The van der Waals surface area contributed by atoms with E-state index in [4.69, 9.17) is 5.11 Å². The van der Waals surface area contributed by atoms with Gasteiger partial charge in [-0.3, -0.25) is 19.2 Å². The Bertz CT molecular complexity index is 654. The van der Waals surface area contributed by atoms with Gasteiger partial charge in [-0.2, -0.15) is 5.10 Å². The summed E-state index contributed by atoms with van der Waals surface area (Å²) in [7, 11) is 2.14. The summed E-state index contributed by atoms with van der Waals surface area (Å²) in [6.07, 6.45) is 3.34. The first kappa shape index (κ1) is 19.8. The van der Waals surface area contributed by atoms with E-state index >= 15 is 0 Å². The van der Waals surface area contributed by atoms with E-state index in [9.17, 15) is 9.59 Å². The Labute approximate surface area is 160 Å². The number of aromatic nitrogens is 2. The molecular weight excluding hydrogens is 346 g/mol. The van der Waals surface area contributed by atoms with E-state index in [1.807, 2.05) is 11.8 Å². The average Bonchev–Trinajstić information content (AvgIpc) is 3.15. The highest BCUT2D eigenvalue weighted by Crippen LogP contribution is 2.28. The topological polar surface area (TPSA) is 81.9 Å². The minimum Gasteiger partial charge on any atom is -0.481 e. The number of carboxylic acids is 1. The molecule has 1 amide bonds. The third kappa shape index (κ3) is 4.68. The van der Waals surface area contributed by atoms with Gasteiger partial charge in [0.1, 0.15) is 5.69 Å². The van der Waals surface area contributed by atoms with Crippen molar-refractivity contribution < 1.29 is 14.7 Å². The van der Waals surface area contributed by atoms with Crippen LogP contribution in [-0.4, -0.2) is 93.8 Å². The van der Waals surface area contributed by atoms with Gasteiger partial charge in [-0.25, -0.2) is 0 Å². The molecule has 0 aromatic carbocycles. The van der Waals surface area contributed by atoms with Gasteiger partial charge in [0.2, 0.25) is 0 Å². The highest BCUT2D eigenvalue weighted by molar-refractivity contribution is 5.92. The molecule has 3 rings (SSSR count). The lowest BCUT2D eigenvalue weighted by molar-refractivity contribution is -0.137. The van der Waals surface area contributed by atoms with E-state index in [0.717, 1.165) is 32.6 Å². The molecular formula is C19H31N5O3. The van der Waals surface area contributed by atoms with Gasteiger partial charge >= 0.3 is 5.97 Å². The number of hydrogen-bond acceptors (Lipinski definition) is 5. The summed E-state index contributed by atoms with van der Waals surface area (Å²) in [5.41, 5.74) is 0.618. The number of amides is 1. The number of piperazine rings is 1. The molecule has 2 aliphatic heterocycles. The molecule has 2 saturated heterocycles. The first-order valence-corrected chi connectivity index (χ1v) is 9.95. The minimum absolute atomic E-state index is 0.00602. The van der Waals surface area contributed by atoms with Crippen LogP contribution < -0.4 is 0 Å². The molecule has 0 saturated carbocycles. The van der Waals surface area contributed by atoms with Gasteiger partial charge in [-0.1, -0.05) is 0 Å². The second-order valence-electron chi connectivity index (χ2n) is 7.67. The van der Waals surface area contributed by atoms with Crippen LogP contribution in [0.3, 0.4) is 0 Å². The largest absolute Gasteiger partial charge is 0.481 e. The van der Waals surface area contributed by atoms with Gasteiger partial charge in [0.15, 0.2) is 0 Å². The third-order valence-corrected chi connectivity index (χ3v) is 5.95. The Morgan fingerprint density at radius 2 is 1.96 bits per heavy atom. The van der Waals surface area contributed by atoms with Gasteiger partial charge in [0.05, 0.1) is 0 Å². The number of piperidine rings is 1. The number of carbonyl (C=O) groups excluding carboxylic acids is 1. The molecule has 27 heavy (non-hydrogen) atoms. The number of carboxylic acid groups (broad SMARTS) is 1. The maximum Gasteiger partial charge on any atom is 0.303 e. The maximum atomic E-state index is 13.0. The Morgan fingerprint density at radius 3 is 2.63 bits per heavy atom. The first-order chi connectivity index (χ1) is 13.0. The van der Waals surface area contributed by atoms with Crippen LogP contribution in [0.4, 0.5) is 0 Å². The van der Waals surface area contributed by atoms with Gasteiger partial charge in [0, 0.05) is 64.5 Å². The molecule has 0 spiro atoms. The van der Waals surface area contributed by atoms with Crippen molar-refractivity contribution in [1.29, 1.82) is 0 Å². The van der Waals surface area contributed by atoms with E-state index in [-0.39, 0.29) is 18.2 Å². The maximum absolute atomic E-state index is 13.0. The fourth-order valence-electron chi connectivity index (χ4n) is 4.36. The molecule has 0 unspecified atom stereocenters. The quantitative estimate of drug-likeness (QED) is 0.791. The number of hydrogen-bond donors (Lipinski definition) is 1.